The van der Waals surface area contributed by atoms with E-state index < -0.39 is 0 Å². The van der Waals surface area contributed by atoms with Gasteiger partial charge in [-0.1, -0.05) is 11.6 Å². The van der Waals surface area contributed by atoms with Crippen molar-refractivity contribution in [2.24, 2.45) is 0 Å². The lowest BCUT2D eigenvalue weighted by Crippen LogP contribution is -2.00. The quantitative estimate of drug-likeness (QED) is 0.834. The number of halogens is 1. The molecule has 0 radical (unpaired) electrons. The minimum absolute atomic E-state index is 0.401. The maximum absolute atomic E-state index is 5.84. The molecular formula is C13H14ClN3O. The first-order chi connectivity index (χ1) is 8.60. The van der Waals surface area contributed by atoms with E-state index in [0.29, 0.717) is 16.7 Å². The summed E-state index contributed by atoms with van der Waals surface area (Å²) in [4.78, 5) is 4.15. The minimum atomic E-state index is 0.401. The molecule has 0 saturated carbocycles. The molecule has 0 bridgehead atoms. The molecular weight excluding hydrogens is 250 g/mol. The normalized spacial score (nSPS) is 10.2. The number of hydrogen-bond acceptors (Lipinski definition) is 4. The van der Waals surface area contributed by atoms with Crippen molar-refractivity contribution in [2.45, 2.75) is 6.92 Å². The van der Waals surface area contributed by atoms with E-state index in [0.717, 1.165) is 17.0 Å². The first-order valence-electron chi connectivity index (χ1n) is 5.44. The summed E-state index contributed by atoms with van der Waals surface area (Å²) in [5, 5.41) is 3.56. The summed E-state index contributed by atoms with van der Waals surface area (Å²) in [6.07, 6.45) is 0. The number of benzene rings is 1. The smallest absolute Gasteiger partial charge is 0.155 e. The highest BCUT2D eigenvalue weighted by Crippen LogP contribution is 2.27. The fraction of sp³-hybridized carbons (Fsp3) is 0.154. The summed E-state index contributed by atoms with van der Waals surface area (Å²) < 4.78 is 5.15. The molecule has 3 N–H and O–H groups in total. The van der Waals surface area contributed by atoms with Gasteiger partial charge in [0.25, 0.3) is 0 Å². The molecule has 2 aromatic rings. The molecule has 0 atom stereocenters. The highest BCUT2D eigenvalue weighted by molar-refractivity contribution is 6.29. The van der Waals surface area contributed by atoms with Crippen LogP contribution in [0.25, 0.3) is 0 Å². The molecule has 0 spiro atoms. The van der Waals surface area contributed by atoms with Gasteiger partial charge in [-0.05, 0) is 42.8 Å². The van der Waals surface area contributed by atoms with E-state index in [1.807, 2.05) is 25.1 Å². The van der Waals surface area contributed by atoms with E-state index in [9.17, 15) is 0 Å². The molecule has 1 aromatic carbocycles. The van der Waals surface area contributed by atoms with Crippen LogP contribution in [0, 0.1) is 6.92 Å². The molecule has 4 nitrogen and oxygen atoms in total. The standard InChI is InChI=1S/C13H14ClN3O/c1-8-7-9(18-2)3-5-11(8)16-13-10(15)4-6-12(14)17-13/h3-7H,15H2,1-2H3,(H,16,17). The Morgan fingerprint density at radius 2 is 2.06 bits per heavy atom. The van der Waals surface area contributed by atoms with Gasteiger partial charge in [-0.15, -0.1) is 0 Å². The second-order valence-electron chi connectivity index (χ2n) is 3.88. The second kappa shape index (κ2) is 5.14. The third kappa shape index (κ3) is 2.65. The molecule has 0 unspecified atom stereocenters. The second-order valence-corrected chi connectivity index (χ2v) is 4.26. The molecule has 1 heterocycles. The summed E-state index contributed by atoms with van der Waals surface area (Å²) in [5.41, 5.74) is 8.34. The van der Waals surface area contributed by atoms with Gasteiger partial charge in [-0.2, -0.15) is 0 Å². The Bertz CT molecular complexity index is 572. The number of nitrogens with one attached hydrogen (secondary N) is 1. The van der Waals surface area contributed by atoms with Crippen molar-refractivity contribution in [1.29, 1.82) is 0 Å². The van der Waals surface area contributed by atoms with Gasteiger partial charge in [0.15, 0.2) is 5.82 Å². The van der Waals surface area contributed by atoms with Crippen LogP contribution in [0.2, 0.25) is 5.15 Å². The fourth-order valence-corrected chi connectivity index (χ4v) is 1.72. The van der Waals surface area contributed by atoms with Crippen LogP contribution in [-0.4, -0.2) is 12.1 Å². The van der Waals surface area contributed by atoms with Crippen LogP contribution in [0.3, 0.4) is 0 Å². The molecule has 5 heteroatoms. The molecule has 2 rings (SSSR count). The van der Waals surface area contributed by atoms with Gasteiger partial charge in [-0.25, -0.2) is 4.98 Å². The van der Waals surface area contributed by atoms with Gasteiger partial charge in [0.1, 0.15) is 10.9 Å². The minimum Gasteiger partial charge on any atom is -0.497 e. The number of anilines is 3. The summed E-state index contributed by atoms with van der Waals surface area (Å²) in [6, 6.07) is 9.09. The lowest BCUT2D eigenvalue weighted by molar-refractivity contribution is 0.414. The molecule has 0 aliphatic rings. The molecule has 0 aliphatic carbocycles. The predicted molar refractivity (Wildman–Crippen MR) is 74.7 cm³/mol. The van der Waals surface area contributed by atoms with Gasteiger partial charge in [0, 0.05) is 5.69 Å². The number of hydrogen-bond donors (Lipinski definition) is 2. The van der Waals surface area contributed by atoms with Crippen molar-refractivity contribution in [3.05, 3.63) is 41.0 Å². The monoisotopic (exact) mass is 263 g/mol. The van der Waals surface area contributed by atoms with Crippen molar-refractivity contribution in [3.8, 4) is 5.75 Å². The van der Waals surface area contributed by atoms with Crippen LogP contribution in [-0.2, 0) is 0 Å². The van der Waals surface area contributed by atoms with Crippen molar-refractivity contribution in [3.63, 3.8) is 0 Å². The SMILES string of the molecule is COc1ccc(Nc2nc(Cl)ccc2N)c(C)c1. The molecule has 0 fully saturated rings. The number of rotatable bonds is 3. The zero-order valence-corrected chi connectivity index (χ0v) is 11.0. The van der Waals surface area contributed by atoms with Gasteiger partial charge in [-0.3, -0.25) is 0 Å². The number of pyridine rings is 1. The Kier molecular flexibility index (Phi) is 3.58. The first-order valence-corrected chi connectivity index (χ1v) is 5.81. The number of nitrogens with zero attached hydrogens (tertiary/aromatic N) is 1. The number of aromatic nitrogens is 1. The van der Waals surface area contributed by atoms with Crippen molar-refractivity contribution in [1.82, 2.24) is 4.98 Å². The average Bonchev–Trinajstić information content (AvgIpc) is 2.36. The number of ether oxygens (including phenoxy) is 1. The Morgan fingerprint density at radius 1 is 1.28 bits per heavy atom. The van der Waals surface area contributed by atoms with Gasteiger partial charge in [0.2, 0.25) is 0 Å². The van der Waals surface area contributed by atoms with Gasteiger partial charge in [0.05, 0.1) is 12.8 Å². The highest BCUT2D eigenvalue weighted by atomic mass is 35.5. The van der Waals surface area contributed by atoms with Crippen LogP contribution in [0.5, 0.6) is 5.75 Å². The van der Waals surface area contributed by atoms with Crippen LogP contribution < -0.4 is 15.8 Å². The Hall–Kier alpha value is -1.94. The van der Waals surface area contributed by atoms with E-state index in [2.05, 4.69) is 10.3 Å². The van der Waals surface area contributed by atoms with Crippen LogP contribution >= 0.6 is 11.6 Å². The largest absolute Gasteiger partial charge is 0.497 e. The molecule has 0 amide bonds. The number of aryl methyl sites for hydroxylation is 1. The van der Waals surface area contributed by atoms with E-state index in [4.69, 9.17) is 22.1 Å². The average molecular weight is 264 g/mol. The van der Waals surface area contributed by atoms with E-state index in [1.54, 1.807) is 19.2 Å². The highest BCUT2D eigenvalue weighted by Gasteiger charge is 2.05. The van der Waals surface area contributed by atoms with Crippen molar-refractivity contribution in [2.75, 3.05) is 18.2 Å². The van der Waals surface area contributed by atoms with Crippen LogP contribution in [0.1, 0.15) is 5.56 Å². The lowest BCUT2D eigenvalue weighted by Gasteiger charge is -2.12. The van der Waals surface area contributed by atoms with Crippen molar-refractivity contribution < 1.29 is 4.74 Å². The Morgan fingerprint density at radius 3 is 2.72 bits per heavy atom. The van der Waals surface area contributed by atoms with E-state index >= 15 is 0 Å². The predicted octanol–water partition coefficient (Wildman–Crippen LogP) is 3.38. The summed E-state index contributed by atoms with van der Waals surface area (Å²) >= 11 is 5.84. The zero-order valence-electron chi connectivity index (χ0n) is 10.2. The van der Waals surface area contributed by atoms with E-state index in [1.165, 1.54) is 0 Å². The summed E-state index contributed by atoms with van der Waals surface area (Å²) in [6.45, 7) is 1.98. The van der Waals surface area contributed by atoms with Gasteiger partial charge < -0.3 is 15.8 Å². The fourth-order valence-electron chi connectivity index (χ4n) is 1.58. The first kappa shape index (κ1) is 12.5. The molecule has 18 heavy (non-hydrogen) atoms. The molecule has 0 aliphatic heterocycles. The third-order valence-corrected chi connectivity index (χ3v) is 2.79. The maximum Gasteiger partial charge on any atom is 0.155 e. The number of methoxy groups -OCH3 is 1. The number of nitrogen functional groups attached to an aromatic ring is 1. The topological polar surface area (TPSA) is 60.2 Å². The summed E-state index contributed by atoms with van der Waals surface area (Å²) in [7, 11) is 1.64. The third-order valence-electron chi connectivity index (χ3n) is 2.58. The van der Waals surface area contributed by atoms with Gasteiger partial charge >= 0.3 is 0 Å². The Balaban J connectivity index is 2.31. The maximum atomic E-state index is 5.84. The summed E-state index contributed by atoms with van der Waals surface area (Å²) in [5.74, 6) is 1.36. The number of nitrogens with two attached hydrogens (primary N) is 1. The van der Waals surface area contributed by atoms with Crippen LogP contribution in [0.15, 0.2) is 30.3 Å². The molecule has 1 aromatic heterocycles. The molecule has 94 valence electrons. The van der Waals surface area contributed by atoms with Crippen molar-refractivity contribution >= 4 is 28.8 Å². The van der Waals surface area contributed by atoms with Crippen LogP contribution in [0.4, 0.5) is 17.2 Å². The zero-order chi connectivity index (χ0) is 13.1. The Labute approximate surface area is 111 Å². The lowest BCUT2D eigenvalue weighted by atomic mass is 10.2. The molecule has 0 saturated heterocycles. The van der Waals surface area contributed by atoms with E-state index in [-0.39, 0.29) is 0 Å².